The van der Waals surface area contributed by atoms with Crippen LogP contribution in [0.15, 0.2) is 11.3 Å². The highest BCUT2D eigenvalue weighted by Crippen LogP contribution is 2.10. The zero-order chi connectivity index (χ0) is 11.5. The van der Waals surface area contributed by atoms with E-state index in [1.807, 2.05) is 5.01 Å². The van der Waals surface area contributed by atoms with Crippen LogP contribution in [0.1, 0.15) is 18.5 Å². The molecule has 0 atom stereocenters. The molecule has 1 aromatic rings. The summed E-state index contributed by atoms with van der Waals surface area (Å²) in [6.45, 7) is 1.91. The molecule has 1 saturated heterocycles. The Morgan fingerprint density at radius 3 is 2.81 bits per heavy atom. The van der Waals surface area contributed by atoms with Gasteiger partial charge in [0.15, 0.2) is 5.69 Å². The number of nitrogens with zero attached hydrogens (tertiary/aromatic N) is 5. The maximum Gasteiger partial charge on any atom is 0.434 e. The van der Waals surface area contributed by atoms with Crippen LogP contribution in [0.4, 0.5) is 5.95 Å². The molecule has 0 spiro atoms. The number of hydrogen-bond donors (Lipinski definition) is 0. The fraction of sp³-hybridized carbons (Fsp3) is 0.556. The Hall–Kier alpha value is -1.92. The van der Waals surface area contributed by atoms with Crippen molar-refractivity contribution in [2.24, 2.45) is 12.1 Å². The molecule has 16 heavy (non-hydrogen) atoms. The van der Waals surface area contributed by atoms with E-state index in [0.717, 1.165) is 25.9 Å². The molecule has 0 amide bonds. The number of hydrogen-bond acceptors (Lipinski definition) is 5. The number of imidazole rings is 1. The summed E-state index contributed by atoms with van der Waals surface area (Å²) in [6.07, 6.45) is 5.38. The number of rotatable bonds is 3. The van der Waals surface area contributed by atoms with Crippen molar-refractivity contribution in [3.8, 4) is 0 Å². The molecule has 0 radical (unpaired) electrons. The molecular formula is C9H13N5O2. The van der Waals surface area contributed by atoms with E-state index in [2.05, 4.69) is 10.1 Å². The molecule has 0 aromatic carbocycles. The molecule has 0 aliphatic carbocycles. The summed E-state index contributed by atoms with van der Waals surface area (Å²) < 4.78 is 1.42. The summed E-state index contributed by atoms with van der Waals surface area (Å²) in [5.41, 5.74) is 0.638. The topological polar surface area (TPSA) is 76.6 Å². The van der Waals surface area contributed by atoms with Crippen molar-refractivity contribution >= 4 is 12.2 Å². The van der Waals surface area contributed by atoms with Crippen molar-refractivity contribution in [3.05, 3.63) is 22.0 Å². The van der Waals surface area contributed by atoms with E-state index in [1.54, 1.807) is 13.3 Å². The summed E-state index contributed by atoms with van der Waals surface area (Å²) in [4.78, 5) is 13.8. The molecule has 1 aliphatic rings. The molecule has 0 unspecified atom stereocenters. The Morgan fingerprint density at radius 1 is 1.56 bits per heavy atom. The summed E-state index contributed by atoms with van der Waals surface area (Å²) in [5.74, 6) is -0.164. The van der Waals surface area contributed by atoms with Gasteiger partial charge >= 0.3 is 5.95 Å². The molecule has 1 aromatic heterocycles. The number of nitro groups is 1. The average Bonchev–Trinajstić information content (AvgIpc) is 2.84. The zero-order valence-electron chi connectivity index (χ0n) is 9.04. The SMILES string of the molecule is Cn1c(/C=N/N2CCCC2)cnc1[N+](=O)[O-]. The molecule has 1 fully saturated rings. The van der Waals surface area contributed by atoms with E-state index in [9.17, 15) is 10.1 Å². The second-order valence-corrected chi connectivity index (χ2v) is 3.70. The standard InChI is InChI=1S/C9H13N5O2/c1-12-8(6-10-9(12)14(15)16)7-11-13-4-2-3-5-13/h6-7H,2-5H2,1H3/b11-7+. The zero-order valence-corrected chi connectivity index (χ0v) is 9.04. The first kappa shape index (κ1) is 10.6. The van der Waals surface area contributed by atoms with Crippen LogP contribution in [0.2, 0.25) is 0 Å². The molecule has 0 saturated carbocycles. The third-order valence-electron chi connectivity index (χ3n) is 2.60. The second-order valence-electron chi connectivity index (χ2n) is 3.70. The molecule has 7 heteroatoms. The van der Waals surface area contributed by atoms with E-state index >= 15 is 0 Å². The minimum Gasteiger partial charge on any atom is -0.390 e. The van der Waals surface area contributed by atoms with Crippen LogP contribution in [0.3, 0.4) is 0 Å². The van der Waals surface area contributed by atoms with Crippen molar-refractivity contribution in [1.82, 2.24) is 14.6 Å². The molecule has 1 aliphatic heterocycles. The summed E-state index contributed by atoms with van der Waals surface area (Å²) in [5, 5.41) is 16.8. The van der Waals surface area contributed by atoms with Gasteiger partial charge in [-0.25, -0.2) is 4.57 Å². The highest BCUT2D eigenvalue weighted by Gasteiger charge is 2.16. The van der Waals surface area contributed by atoms with Gasteiger partial charge in [-0.2, -0.15) is 5.10 Å². The Bertz CT molecular complexity index is 420. The second kappa shape index (κ2) is 4.30. The molecule has 0 bridgehead atoms. The fourth-order valence-corrected chi connectivity index (χ4v) is 1.66. The molecule has 86 valence electrons. The monoisotopic (exact) mass is 223 g/mol. The summed E-state index contributed by atoms with van der Waals surface area (Å²) in [7, 11) is 1.61. The van der Waals surface area contributed by atoms with Crippen LogP contribution < -0.4 is 0 Å². The highest BCUT2D eigenvalue weighted by molar-refractivity contribution is 5.77. The lowest BCUT2D eigenvalue weighted by molar-refractivity contribution is -0.396. The van der Waals surface area contributed by atoms with Gasteiger partial charge in [-0.1, -0.05) is 4.98 Å². The Kier molecular flexibility index (Phi) is 2.84. The Morgan fingerprint density at radius 2 is 2.25 bits per heavy atom. The fourth-order valence-electron chi connectivity index (χ4n) is 1.66. The van der Waals surface area contributed by atoms with Gasteiger partial charge in [-0.3, -0.25) is 5.01 Å². The van der Waals surface area contributed by atoms with Crippen LogP contribution in [-0.4, -0.2) is 38.8 Å². The van der Waals surface area contributed by atoms with Crippen molar-refractivity contribution < 1.29 is 4.92 Å². The van der Waals surface area contributed by atoms with E-state index in [-0.39, 0.29) is 5.95 Å². The molecular weight excluding hydrogens is 210 g/mol. The number of hydrazone groups is 1. The van der Waals surface area contributed by atoms with Gasteiger partial charge in [0.25, 0.3) is 0 Å². The Balaban J connectivity index is 2.12. The van der Waals surface area contributed by atoms with Crippen LogP contribution >= 0.6 is 0 Å². The smallest absolute Gasteiger partial charge is 0.390 e. The van der Waals surface area contributed by atoms with Gasteiger partial charge < -0.3 is 10.1 Å². The van der Waals surface area contributed by atoms with Gasteiger partial charge in [0.2, 0.25) is 0 Å². The van der Waals surface area contributed by atoms with E-state index in [4.69, 9.17) is 0 Å². The lowest BCUT2D eigenvalue weighted by Crippen LogP contribution is -2.12. The Labute approximate surface area is 92.5 Å². The predicted octanol–water partition coefficient (Wildman–Crippen LogP) is 0.758. The predicted molar refractivity (Wildman–Crippen MR) is 58.3 cm³/mol. The van der Waals surface area contributed by atoms with Crippen molar-refractivity contribution in [2.75, 3.05) is 13.1 Å². The molecule has 2 heterocycles. The van der Waals surface area contributed by atoms with Gasteiger partial charge in [0.05, 0.1) is 13.3 Å². The van der Waals surface area contributed by atoms with Gasteiger partial charge in [-0.15, -0.1) is 0 Å². The maximum absolute atomic E-state index is 10.6. The largest absolute Gasteiger partial charge is 0.434 e. The lowest BCUT2D eigenvalue weighted by atomic mass is 10.4. The quantitative estimate of drug-likeness (QED) is 0.430. The molecule has 7 nitrogen and oxygen atoms in total. The van der Waals surface area contributed by atoms with E-state index in [1.165, 1.54) is 10.8 Å². The van der Waals surface area contributed by atoms with Crippen molar-refractivity contribution in [3.63, 3.8) is 0 Å². The van der Waals surface area contributed by atoms with Gasteiger partial charge in [-0.05, 0) is 17.8 Å². The normalized spacial score (nSPS) is 16.2. The lowest BCUT2D eigenvalue weighted by Gasteiger charge is -2.07. The first-order chi connectivity index (χ1) is 7.68. The summed E-state index contributed by atoms with van der Waals surface area (Å²) >= 11 is 0. The number of aromatic nitrogens is 2. The van der Waals surface area contributed by atoms with Gasteiger partial charge in [0, 0.05) is 13.1 Å². The minimum absolute atomic E-state index is 0.164. The van der Waals surface area contributed by atoms with Gasteiger partial charge in [0.1, 0.15) is 6.20 Å². The van der Waals surface area contributed by atoms with Crippen molar-refractivity contribution in [2.45, 2.75) is 12.8 Å². The van der Waals surface area contributed by atoms with E-state index in [0.29, 0.717) is 5.69 Å². The molecule has 0 N–H and O–H groups in total. The first-order valence-corrected chi connectivity index (χ1v) is 5.13. The van der Waals surface area contributed by atoms with E-state index < -0.39 is 4.92 Å². The van der Waals surface area contributed by atoms with Crippen LogP contribution in [-0.2, 0) is 7.05 Å². The third kappa shape index (κ3) is 2.02. The first-order valence-electron chi connectivity index (χ1n) is 5.13. The van der Waals surface area contributed by atoms with Crippen LogP contribution in [0, 0.1) is 10.1 Å². The van der Waals surface area contributed by atoms with Crippen molar-refractivity contribution in [1.29, 1.82) is 0 Å². The third-order valence-corrected chi connectivity index (χ3v) is 2.60. The maximum atomic E-state index is 10.6. The average molecular weight is 223 g/mol. The highest BCUT2D eigenvalue weighted by atomic mass is 16.6. The summed E-state index contributed by atoms with van der Waals surface area (Å²) in [6, 6.07) is 0. The minimum atomic E-state index is -0.507. The van der Waals surface area contributed by atoms with Crippen LogP contribution in [0.25, 0.3) is 0 Å². The van der Waals surface area contributed by atoms with Crippen LogP contribution in [0.5, 0.6) is 0 Å². The molecule has 2 rings (SSSR count).